The maximum Gasteiger partial charge on any atom is 0.329 e. The number of hydrogen-bond acceptors (Lipinski definition) is 3. The first-order valence-electron chi connectivity index (χ1n) is 6.31. The summed E-state index contributed by atoms with van der Waals surface area (Å²) in [6, 6.07) is 11.4. The third-order valence-electron chi connectivity index (χ3n) is 2.66. The number of nitrogens with zero attached hydrogens (tertiary/aromatic N) is 1. The predicted octanol–water partition coefficient (Wildman–Crippen LogP) is 3.74. The molecule has 8 heteroatoms. The number of benzene rings is 2. The molecule has 0 fully saturated rings. The van der Waals surface area contributed by atoms with Crippen LogP contribution in [0.2, 0.25) is 15.1 Å². The molecule has 0 saturated heterocycles. The van der Waals surface area contributed by atoms with E-state index in [2.05, 4.69) is 15.8 Å². The molecule has 2 amide bonds. The fraction of sp³-hybridized carbons (Fsp3) is 0. The van der Waals surface area contributed by atoms with Crippen LogP contribution in [-0.4, -0.2) is 18.0 Å². The van der Waals surface area contributed by atoms with Crippen molar-refractivity contribution in [2.75, 3.05) is 5.32 Å². The summed E-state index contributed by atoms with van der Waals surface area (Å²) in [6.07, 6.45) is 1.34. The molecule has 0 aromatic heterocycles. The SMILES string of the molecule is O=C(N/N=C/c1ccccc1Cl)C(=O)Nc1ccc(Cl)c(Cl)c1. The molecule has 0 unspecified atom stereocenters. The molecule has 0 saturated carbocycles. The van der Waals surface area contributed by atoms with Crippen LogP contribution in [0.25, 0.3) is 0 Å². The van der Waals surface area contributed by atoms with E-state index in [4.69, 9.17) is 34.8 Å². The normalized spacial score (nSPS) is 10.6. The minimum absolute atomic E-state index is 0.265. The van der Waals surface area contributed by atoms with Gasteiger partial charge in [-0.25, -0.2) is 5.43 Å². The Kier molecular flexibility index (Phi) is 5.98. The summed E-state index contributed by atoms with van der Waals surface area (Å²) in [6.45, 7) is 0. The zero-order valence-electron chi connectivity index (χ0n) is 11.5. The van der Waals surface area contributed by atoms with Crippen molar-refractivity contribution in [3.8, 4) is 0 Å². The second-order valence-corrected chi connectivity index (χ2v) is 5.53. The van der Waals surface area contributed by atoms with Gasteiger partial charge in [-0.05, 0) is 24.3 Å². The highest BCUT2D eigenvalue weighted by molar-refractivity contribution is 6.43. The van der Waals surface area contributed by atoms with Gasteiger partial charge in [0, 0.05) is 16.3 Å². The van der Waals surface area contributed by atoms with E-state index < -0.39 is 11.8 Å². The Bertz CT molecular complexity index is 778. The van der Waals surface area contributed by atoms with E-state index in [0.717, 1.165) is 0 Å². The number of amides is 2. The number of hydrogen-bond donors (Lipinski definition) is 2. The van der Waals surface area contributed by atoms with Crippen LogP contribution in [0.4, 0.5) is 5.69 Å². The minimum atomic E-state index is -0.931. The fourth-order valence-corrected chi connectivity index (χ4v) is 2.04. The Morgan fingerprint density at radius 2 is 1.65 bits per heavy atom. The van der Waals surface area contributed by atoms with Crippen molar-refractivity contribution in [2.45, 2.75) is 0 Å². The van der Waals surface area contributed by atoms with Gasteiger partial charge in [0.2, 0.25) is 0 Å². The molecule has 5 nitrogen and oxygen atoms in total. The Hall–Kier alpha value is -2.08. The molecule has 0 atom stereocenters. The molecule has 0 spiro atoms. The number of anilines is 1. The van der Waals surface area contributed by atoms with Crippen LogP contribution >= 0.6 is 34.8 Å². The molecule has 0 aliphatic rings. The summed E-state index contributed by atoms with van der Waals surface area (Å²) >= 11 is 17.5. The molecular weight excluding hydrogens is 361 g/mol. The van der Waals surface area contributed by atoms with E-state index in [1.54, 1.807) is 24.3 Å². The third kappa shape index (κ3) is 4.96. The van der Waals surface area contributed by atoms with Gasteiger partial charge < -0.3 is 5.32 Å². The summed E-state index contributed by atoms with van der Waals surface area (Å²) in [5.74, 6) is -1.82. The monoisotopic (exact) mass is 369 g/mol. The van der Waals surface area contributed by atoms with Crippen LogP contribution in [0.1, 0.15) is 5.56 Å². The molecule has 0 aliphatic carbocycles. The molecule has 0 bridgehead atoms. The van der Waals surface area contributed by atoms with E-state index in [1.807, 2.05) is 0 Å². The lowest BCUT2D eigenvalue weighted by Crippen LogP contribution is -2.32. The zero-order valence-corrected chi connectivity index (χ0v) is 13.8. The Balaban J connectivity index is 1.94. The van der Waals surface area contributed by atoms with Crippen LogP contribution in [0.5, 0.6) is 0 Å². The summed E-state index contributed by atoms with van der Waals surface area (Å²) in [5, 5.41) is 7.14. The van der Waals surface area contributed by atoms with Crippen LogP contribution < -0.4 is 10.7 Å². The predicted molar refractivity (Wildman–Crippen MR) is 92.3 cm³/mol. The molecule has 2 rings (SSSR count). The van der Waals surface area contributed by atoms with E-state index in [0.29, 0.717) is 21.3 Å². The summed E-state index contributed by atoms with van der Waals surface area (Å²) in [7, 11) is 0. The summed E-state index contributed by atoms with van der Waals surface area (Å²) in [4.78, 5) is 23.4. The van der Waals surface area contributed by atoms with Gasteiger partial charge in [0.1, 0.15) is 0 Å². The van der Waals surface area contributed by atoms with Gasteiger partial charge in [0.25, 0.3) is 0 Å². The lowest BCUT2D eigenvalue weighted by atomic mass is 10.2. The van der Waals surface area contributed by atoms with Crippen molar-refractivity contribution in [1.29, 1.82) is 0 Å². The van der Waals surface area contributed by atoms with Crippen molar-refractivity contribution >= 4 is 58.5 Å². The van der Waals surface area contributed by atoms with E-state index >= 15 is 0 Å². The first kappa shape index (κ1) is 17.3. The van der Waals surface area contributed by atoms with E-state index in [-0.39, 0.29) is 5.02 Å². The molecule has 2 aromatic rings. The molecule has 2 aromatic carbocycles. The van der Waals surface area contributed by atoms with Gasteiger partial charge in [-0.3, -0.25) is 9.59 Å². The smallest absolute Gasteiger partial charge is 0.318 e. The lowest BCUT2D eigenvalue weighted by molar-refractivity contribution is -0.136. The maximum absolute atomic E-state index is 11.7. The summed E-state index contributed by atoms with van der Waals surface area (Å²) in [5.41, 5.74) is 3.06. The average Bonchev–Trinajstić information content (AvgIpc) is 2.52. The van der Waals surface area contributed by atoms with Gasteiger partial charge in [-0.2, -0.15) is 5.10 Å². The number of carbonyl (C=O) groups is 2. The molecule has 118 valence electrons. The highest BCUT2D eigenvalue weighted by atomic mass is 35.5. The van der Waals surface area contributed by atoms with Crippen molar-refractivity contribution in [2.24, 2.45) is 5.10 Å². The molecule has 2 N–H and O–H groups in total. The topological polar surface area (TPSA) is 70.6 Å². The van der Waals surface area contributed by atoms with Gasteiger partial charge in [0.05, 0.1) is 16.3 Å². The van der Waals surface area contributed by atoms with Crippen LogP contribution in [-0.2, 0) is 9.59 Å². The highest BCUT2D eigenvalue weighted by Gasteiger charge is 2.13. The molecular formula is C15H10Cl3N3O2. The number of nitrogens with one attached hydrogen (secondary N) is 2. The molecule has 0 aliphatic heterocycles. The van der Waals surface area contributed by atoms with Crippen LogP contribution in [0.15, 0.2) is 47.6 Å². The molecule has 0 radical (unpaired) electrons. The quantitative estimate of drug-likeness (QED) is 0.491. The number of halogens is 3. The van der Waals surface area contributed by atoms with Gasteiger partial charge in [0.15, 0.2) is 0 Å². The van der Waals surface area contributed by atoms with Crippen molar-refractivity contribution in [3.63, 3.8) is 0 Å². The largest absolute Gasteiger partial charge is 0.329 e. The van der Waals surface area contributed by atoms with Gasteiger partial charge >= 0.3 is 11.8 Å². The Morgan fingerprint density at radius 3 is 2.35 bits per heavy atom. The number of hydrazone groups is 1. The molecule has 23 heavy (non-hydrogen) atoms. The lowest BCUT2D eigenvalue weighted by Gasteiger charge is -2.05. The summed E-state index contributed by atoms with van der Waals surface area (Å²) < 4.78 is 0. The minimum Gasteiger partial charge on any atom is -0.318 e. The first-order chi connectivity index (χ1) is 11.0. The maximum atomic E-state index is 11.7. The van der Waals surface area contributed by atoms with Crippen molar-refractivity contribution < 1.29 is 9.59 Å². The molecule has 0 heterocycles. The highest BCUT2D eigenvalue weighted by Crippen LogP contribution is 2.24. The van der Waals surface area contributed by atoms with Crippen LogP contribution in [0, 0.1) is 0 Å². The second kappa shape index (κ2) is 7.97. The van der Waals surface area contributed by atoms with Gasteiger partial charge in [-0.15, -0.1) is 0 Å². The third-order valence-corrected chi connectivity index (χ3v) is 3.74. The standard InChI is InChI=1S/C15H10Cl3N3O2/c16-11-4-2-1-3-9(11)8-19-21-15(23)14(22)20-10-5-6-12(17)13(18)7-10/h1-8H,(H,20,22)(H,21,23)/b19-8+. The Morgan fingerprint density at radius 1 is 0.913 bits per heavy atom. The van der Waals surface area contributed by atoms with Gasteiger partial charge in [-0.1, -0.05) is 53.0 Å². The van der Waals surface area contributed by atoms with Crippen molar-refractivity contribution in [1.82, 2.24) is 5.43 Å². The second-order valence-electron chi connectivity index (χ2n) is 4.30. The average molecular weight is 371 g/mol. The van der Waals surface area contributed by atoms with Crippen molar-refractivity contribution in [3.05, 3.63) is 63.1 Å². The van der Waals surface area contributed by atoms with E-state index in [9.17, 15) is 9.59 Å². The zero-order chi connectivity index (χ0) is 16.8. The first-order valence-corrected chi connectivity index (χ1v) is 7.44. The van der Waals surface area contributed by atoms with E-state index in [1.165, 1.54) is 24.4 Å². The number of rotatable bonds is 3. The Labute approximate surface area is 147 Å². The fourth-order valence-electron chi connectivity index (χ4n) is 1.55. The number of carbonyl (C=O) groups excluding carboxylic acids is 2. The van der Waals surface area contributed by atoms with Crippen LogP contribution in [0.3, 0.4) is 0 Å².